The molecule has 24 heavy (non-hydrogen) atoms. The highest BCUT2D eigenvalue weighted by Crippen LogP contribution is 2.47. The van der Waals surface area contributed by atoms with E-state index < -0.39 is 0 Å². The zero-order valence-corrected chi connectivity index (χ0v) is 15.5. The van der Waals surface area contributed by atoms with Gasteiger partial charge in [0.1, 0.15) is 0 Å². The van der Waals surface area contributed by atoms with E-state index in [2.05, 4.69) is 19.9 Å². The highest BCUT2D eigenvalue weighted by atomic mass is 16.3. The highest BCUT2D eigenvalue weighted by molar-refractivity contribution is 5.41. The van der Waals surface area contributed by atoms with Crippen molar-refractivity contribution in [2.45, 2.75) is 102 Å². The number of aromatic nitrogens is 1. The summed E-state index contributed by atoms with van der Waals surface area (Å²) in [6.45, 7) is 4.56. The second-order valence-electron chi connectivity index (χ2n) is 9.37. The molecule has 132 valence electrons. The van der Waals surface area contributed by atoms with Crippen LogP contribution in [0.15, 0.2) is 6.07 Å². The average molecular weight is 328 g/mol. The van der Waals surface area contributed by atoms with Crippen LogP contribution in [0.4, 0.5) is 0 Å². The zero-order chi connectivity index (χ0) is 16.7. The molecule has 0 aromatic carbocycles. The molecule has 1 heterocycles. The quantitative estimate of drug-likeness (QED) is 0.745. The number of pyridine rings is 1. The molecule has 2 heteroatoms. The van der Waals surface area contributed by atoms with Crippen LogP contribution in [0.5, 0.6) is 0 Å². The van der Waals surface area contributed by atoms with Crippen LogP contribution >= 0.6 is 0 Å². The summed E-state index contributed by atoms with van der Waals surface area (Å²) in [4.78, 5) is 5.14. The lowest BCUT2D eigenvalue weighted by Gasteiger charge is -2.37. The molecule has 0 radical (unpaired) electrons. The van der Waals surface area contributed by atoms with Crippen molar-refractivity contribution < 1.29 is 5.11 Å². The minimum atomic E-state index is -0.314. The van der Waals surface area contributed by atoms with Gasteiger partial charge >= 0.3 is 0 Å². The Bertz CT molecular complexity index is 594. The van der Waals surface area contributed by atoms with Crippen LogP contribution in [0.25, 0.3) is 0 Å². The van der Waals surface area contributed by atoms with Crippen LogP contribution < -0.4 is 0 Å². The Balaban J connectivity index is 1.79. The maximum atomic E-state index is 10.9. The van der Waals surface area contributed by atoms with Crippen LogP contribution in [0.1, 0.15) is 119 Å². The van der Waals surface area contributed by atoms with Gasteiger partial charge in [-0.25, -0.2) is 0 Å². The number of fused-ring (bicyclic) bond motifs is 1. The Morgan fingerprint density at radius 3 is 2.29 bits per heavy atom. The molecule has 0 bridgehead atoms. The summed E-state index contributed by atoms with van der Waals surface area (Å²) >= 11 is 0. The predicted octanol–water partition coefficient (Wildman–Crippen LogP) is 5.79. The Morgan fingerprint density at radius 2 is 1.58 bits per heavy atom. The maximum Gasteiger partial charge on any atom is 0.0815 e. The Labute approximate surface area is 147 Å². The standard InChI is InChI=1S/C22H33NO/c1-22(2)13-19-21(20(24)14-22)17(15-8-4-3-5-9-15)12-18(23-19)16-10-6-7-11-16/h12,15-16,20,24H,3-11,13-14H2,1-2H3/t20-/m0/s1. The first-order valence-electron chi connectivity index (χ1n) is 10.3. The average Bonchev–Trinajstić information content (AvgIpc) is 3.07. The number of rotatable bonds is 2. The topological polar surface area (TPSA) is 33.1 Å². The SMILES string of the molecule is CC1(C)Cc2nc(C3CCCC3)cc(C3CCCCC3)c2[C@@H](O)C1. The number of aliphatic hydroxyl groups excluding tert-OH is 1. The van der Waals surface area contributed by atoms with Crippen molar-refractivity contribution in [2.24, 2.45) is 5.41 Å². The summed E-state index contributed by atoms with van der Waals surface area (Å²) in [5.41, 5.74) is 5.44. The largest absolute Gasteiger partial charge is 0.388 e. The van der Waals surface area contributed by atoms with Crippen molar-refractivity contribution in [1.29, 1.82) is 0 Å². The summed E-state index contributed by atoms with van der Waals surface area (Å²) in [7, 11) is 0. The van der Waals surface area contributed by atoms with Gasteiger partial charge in [0.2, 0.25) is 0 Å². The molecule has 1 N–H and O–H groups in total. The van der Waals surface area contributed by atoms with E-state index in [4.69, 9.17) is 4.98 Å². The monoisotopic (exact) mass is 327 g/mol. The van der Waals surface area contributed by atoms with Crippen molar-refractivity contribution in [3.63, 3.8) is 0 Å². The predicted molar refractivity (Wildman–Crippen MR) is 98.3 cm³/mol. The van der Waals surface area contributed by atoms with E-state index in [9.17, 15) is 5.11 Å². The Hall–Kier alpha value is -0.890. The molecule has 1 atom stereocenters. The molecule has 0 aliphatic heterocycles. The molecule has 2 fully saturated rings. The van der Waals surface area contributed by atoms with E-state index in [1.54, 1.807) is 0 Å². The third-order valence-electron chi connectivity index (χ3n) is 6.73. The van der Waals surface area contributed by atoms with Crippen molar-refractivity contribution in [3.8, 4) is 0 Å². The van der Waals surface area contributed by atoms with Gasteiger partial charge in [-0.3, -0.25) is 4.98 Å². The van der Waals surface area contributed by atoms with Crippen LogP contribution in [0, 0.1) is 5.41 Å². The summed E-state index contributed by atoms with van der Waals surface area (Å²) in [5.74, 6) is 1.33. The molecule has 3 aliphatic rings. The zero-order valence-electron chi connectivity index (χ0n) is 15.5. The molecule has 3 aliphatic carbocycles. The third-order valence-corrected chi connectivity index (χ3v) is 6.73. The number of nitrogens with zero attached hydrogens (tertiary/aromatic N) is 1. The maximum absolute atomic E-state index is 10.9. The van der Waals surface area contributed by atoms with Crippen molar-refractivity contribution >= 4 is 0 Å². The lowest BCUT2D eigenvalue weighted by Crippen LogP contribution is -2.29. The van der Waals surface area contributed by atoms with Gasteiger partial charge < -0.3 is 5.11 Å². The summed E-state index contributed by atoms with van der Waals surface area (Å²) in [6.07, 6.45) is 13.6. The fraction of sp³-hybridized carbons (Fsp3) is 0.773. The first-order chi connectivity index (χ1) is 11.5. The molecule has 2 nitrogen and oxygen atoms in total. The molecule has 1 aromatic heterocycles. The van der Waals surface area contributed by atoms with E-state index in [-0.39, 0.29) is 11.5 Å². The first kappa shape index (κ1) is 16.6. The van der Waals surface area contributed by atoms with Crippen molar-refractivity contribution in [2.75, 3.05) is 0 Å². The van der Waals surface area contributed by atoms with E-state index in [1.165, 1.54) is 80.3 Å². The van der Waals surface area contributed by atoms with Crippen molar-refractivity contribution in [3.05, 3.63) is 28.6 Å². The number of hydrogen-bond donors (Lipinski definition) is 1. The van der Waals surface area contributed by atoms with Gasteiger partial charge in [0.05, 0.1) is 6.10 Å². The van der Waals surface area contributed by atoms with Gasteiger partial charge in [-0.1, -0.05) is 46.0 Å². The van der Waals surface area contributed by atoms with Crippen LogP contribution in [-0.4, -0.2) is 10.1 Å². The molecular formula is C22H33NO. The summed E-state index contributed by atoms with van der Waals surface area (Å²) in [6, 6.07) is 2.42. The molecule has 0 unspecified atom stereocenters. The molecule has 0 spiro atoms. The molecular weight excluding hydrogens is 294 g/mol. The van der Waals surface area contributed by atoms with E-state index in [0.29, 0.717) is 11.8 Å². The van der Waals surface area contributed by atoms with Gasteiger partial charge in [-0.05, 0) is 61.5 Å². The Kier molecular flexibility index (Phi) is 4.45. The third kappa shape index (κ3) is 3.14. The fourth-order valence-corrected chi connectivity index (χ4v) is 5.50. The minimum absolute atomic E-state index is 0.164. The van der Waals surface area contributed by atoms with Crippen LogP contribution in [-0.2, 0) is 6.42 Å². The van der Waals surface area contributed by atoms with Gasteiger partial charge in [0.15, 0.2) is 0 Å². The van der Waals surface area contributed by atoms with Crippen molar-refractivity contribution in [1.82, 2.24) is 4.98 Å². The summed E-state index contributed by atoms with van der Waals surface area (Å²) in [5, 5.41) is 10.9. The normalized spacial score (nSPS) is 28.0. The minimum Gasteiger partial charge on any atom is -0.388 e. The van der Waals surface area contributed by atoms with Gasteiger partial charge in [0.25, 0.3) is 0 Å². The smallest absolute Gasteiger partial charge is 0.0815 e. The first-order valence-corrected chi connectivity index (χ1v) is 10.3. The van der Waals surface area contributed by atoms with E-state index >= 15 is 0 Å². The fourth-order valence-electron chi connectivity index (χ4n) is 5.50. The Morgan fingerprint density at radius 1 is 0.958 bits per heavy atom. The second kappa shape index (κ2) is 6.44. The lowest BCUT2D eigenvalue weighted by atomic mass is 9.71. The van der Waals surface area contributed by atoms with Gasteiger partial charge in [-0.15, -0.1) is 0 Å². The summed E-state index contributed by atoms with van der Waals surface area (Å²) < 4.78 is 0. The van der Waals surface area contributed by atoms with E-state index in [0.717, 1.165) is 12.8 Å². The molecule has 1 aromatic rings. The van der Waals surface area contributed by atoms with Crippen LogP contribution in [0.3, 0.4) is 0 Å². The number of aliphatic hydroxyl groups is 1. The molecule has 0 saturated heterocycles. The lowest BCUT2D eigenvalue weighted by molar-refractivity contribution is 0.0964. The molecule has 4 rings (SSSR count). The second-order valence-corrected chi connectivity index (χ2v) is 9.37. The van der Waals surface area contributed by atoms with E-state index in [1.807, 2.05) is 0 Å². The highest BCUT2D eigenvalue weighted by Gasteiger charge is 2.36. The molecule has 2 saturated carbocycles. The number of hydrogen-bond acceptors (Lipinski definition) is 2. The van der Waals surface area contributed by atoms with Gasteiger partial charge in [-0.2, -0.15) is 0 Å². The van der Waals surface area contributed by atoms with Gasteiger partial charge in [0, 0.05) is 22.9 Å². The van der Waals surface area contributed by atoms with Crippen LogP contribution in [0.2, 0.25) is 0 Å². The molecule has 0 amide bonds.